The first-order valence-corrected chi connectivity index (χ1v) is 10.9. The van der Waals surface area contributed by atoms with Crippen molar-refractivity contribution in [2.24, 2.45) is 0 Å². The Balaban J connectivity index is 1.81. The van der Waals surface area contributed by atoms with E-state index in [9.17, 15) is 20.2 Å². The number of nitrogens with zero attached hydrogens (tertiary/aromatic N) is 2. The first-order chi connectivity index (χ1) is 16.2. The van der Waals surface area contributed by atoms with E-state index in [1.165, 1.54) is 30.3 Å². The average Bonchev–Trinajstić information content (AvgIpc) is 2.79. The van der Waals surface area contributed by atoms with E-state index >= 15 is 0 Å². The number of amides is 1. The summed E-state index contributed by atoms with van der Waals surface area (Å²) >= 11 is 24.7. The minimum Gasteiger partial charge on any atom is -0.486 e. The van der Waals surface area contributed by atoms with Gasteiger partial charge in [0.15, 0.2) is 5.75 Å². The number of nitro benzene ring substituents is 1. The average molecular weight is 537 g/mol. The number of hydrogen-bond donors (Lipinski definition) is 1. The van der Waals surface area contributed by atoms with Gasteiger partial charge in [0.25, 0.3) is 11.6 Å². The molecule has 0 atom stereocenters. The van der Waals surface area contributed by atoms with E-state index in [1.54, 1.807) is 24.3 Å². The van der Waals surface area contributed by atoms with Crippen LogP contribution in [0.25, 0.3) is 6.08 Å². The number of benzene rings is 3. The molecule has 0 aromatic heterocycles. The molecule has 0 saturated carbocycles. The molecule has 0 saturated heterocycles. The van der Waals surface area contributed by atoms with Gasteiger partial charge in [0.1, 0.15) is 18.2 Å². The molecule has 0 bridgehead atoms. The number of anilines is 1. The molecule has 3 aromatic rings. The fraction of sp³-hybridized carbons (Fsp3) is 0.0435. The molecule has 1 amide bonds. The minimum absolute atomic E-state index is 0.0126. The number of rotatable bonds is 7. The van der Waals surface area contributed by atoms with Gasteiger partial charge in [-0.15, -0.1) is 0 Å². The van der Waals surface area contributed by atoms with E-state index in [0.717, 1.165) is 11.6 Å². The van der Waals surface area contributed by atoms with E-state index < -0.39 is 10.8 Å². The monoisotopic (exact) mass is 535 g/mol. The van der Waals surface area contributed by atoms with Crippen LogP contribution < -0.4 is 10.1 Å². The number of nitro groups is 1. The van der Waals surface area contributed by atoms with Crippen LogP contribution in [0, 0.1) is 21.4 Å². The Kier molecular flexibility index (Phi) is 8.37. The fourth-order valence-corrected chi connectivity index (χ4v) is 3.76. The topological polar surface area (TPSA) is 105 Å². The third-order valence-corrected chi connectivity index (χ3v) is 5.70. The summed E-state index contributed by atoms with van der Waals surface area (Å²) in [6.45, 7) is 0.129. The Bertz CT molecular complexity index is 1330. The zero-order valence-electron chi connectivity index (χ0n) is 17.0. The zero-order chi connectivity index (χ0) is 24.8. The normalized spacial score (nSPS) is 11.0. The van der Waals surface area contributed by atoms with Crippen LogP contribution >= 0.6 is 46.4 Å². The smallest absolute Gasteiger partial charge is 0.271 e. The maximum Gasteiger partial charge on any atom is 0.271 e. The van der Waals surface area contributed by atoms with Crippen LogP contribution in [-0.2, 0) is 11.4 Å². The van der Waals surface area contributed by atoms with E-state index in [1.807, 2.05) is 6.07 Å². The quantitative estimate of drug-likeness (QED) is 0.147. The Morgan fingerprint density at radius 2 is 1.71 bits per heavy atom. The molecule has 1 N–H and O–H groups in total. The van der Waals surface area contributed by atoms with Crippen molar-refractivity contribution in [1.29, 1.82) is 5.26 Å². The number of halogens is 4. The molecule has 3 rings (SSSR count). The summed E-state index contributed by atoms with van der Waals surface area (Å²) in [5.41, 5.74) is 0.509. The summed E-state index contributed by atoms with van der Waals surface area (Å²) in [6, 6.07) is 15.4. The molecular formula is C23H13Cl4N3O4. The van der Waals surface area contributed by atoms with E-state index in [2.05, 4.69) is 5.32 Å². The van der Waals surface area contributed by atoms with E-state index in [-0.39, 0.29) is 44.4 Å². The van der Waals surface area contributed by atoms with Crippen molar-refractivity contribution in [3.63, 3.8) is 0 Å². The van der Waals surface area contributed by atoms with Gasteiger partial charge in [0, 0.05) is 22.7 Å². The van der Waals surface area contributed by atoms with Crippen LogP contribution in [0.5, 0.6) is 5.75 Å². The molecule has 172 valence electrons. The summed E-state index contributed by atoms with van der Waals surface area (Å²) in [4.78, 5) is 22.9. The number of nitriles is 1. The summed E-state index contributed by atoms with van der Waals surface area (Å²) in [5.74, 6) is -0.608. The minimum atomic E-state index is -0.823. The Hall–Kier alpha value is -3.28. The van der Waals surface area contributed by atoms with Crippen LogP contribution in [0.1, 0.15) is 11.1 Å². The van der Waals surface area contributed by atoms with Gasteiger partial charge in [0.05, 0.1) is 25.7 Å². The highest BCUT2D eigenvalue weighted by atomic mass is 35.5. The molecule has 0 unspecified atom stereocenters. The molecule has 0 fully saturated rings. The van der Waals surface area contributed by atoms with Crippen LogP contribution in [-0.4, -0.2) is 10.8 Å². The molecule has 0 spiro atoms. The molecular weight excluding hydrogens is 524 g/mol. The standard InChI is InChI=1S/C23H13Cl4N3O4/c24-17-4-2-1-3-14(17)12-34-22-19(26)8-13(9-20(22)27)7-15(11-28)23(31)29-21-10-16(30(32)33)5-6-18(21)25/h1-10H,12H2,(H,29,31)/b15-7+. The van der Waals surface area contributed by atoms with Gasteiger partial charge in [-0.25, -0.2) is 0 Å². The van der Waals surface area contributed by atoms with E-state index in [0.29, 0.717) is 10.6 Å². The summed E-state index contributed by atoms with van der Waals surface area (Å²) in [7, 11) is 0. The number of carbonyl (C=O) groups excluding carboxylic acids is 1. The maximum absolute atomic E-state index is 12.6. The molecule has 3 aromatic carbocycles. The van der Waals surface area contributed by atoms with Gasteiger partial charge in [-0.05, 0) is 35.9 Å². The van der Waals surface area contributed by atoms with E-state index in [4.69, 9.17) is 51.1 Å². The summed E-state index contributed by atoms with van der Waals surface area (Å²) in [5, 5.41) is 23.7. The van der Waals surface area contributed by atoms with Crippen molar-refractivity contribution in [2.75, 3.05) is 5.32 Å². The van der Waals surface area contributed by atoms with Crippen molar-refractivity contribution in [3.8, 4) is 11.8 Å². The largest absolute Gasteiger partial charge is 0.486 e. The van der Waals surface area contributed by atoms with Crippen LogP contribution in [0.4, 0.5) is 11.4 Å². The van der Waals surface area contributed by atoms with Crippen LogP contribution in [0.3, 0.4) is 0 Å². The first-order valence-electron chi connectivity index (χ1n) is 9.42. The highest BCUT2D eigenvalue weighted by molar-refractivity contribution is 6.37. The SMILES string of the molecule is N#C/C(=C\c1cc(Cl)c(OCc2ccccc2Cl)c(Cl)c1)C(=O)Nc1cc([N+](=O)[O-])ccc1Cl. The molecule has 34 heavy (non-hydrogen) atoms. The molecule has 0 aliphatic rings. The highest BCUT2D eigenvalue weighted by Gasteiger charge is 2.16. The third-order valence-electron chi connectivity index (χ3n) is 4.44. The zero-order valence-corrected chi connectivity index (χ0v) is 20.0. The number of non-ortho nitro benzene ring substituents is 1. The highest BCUT2D eigenvalue weighted by Crippen LogP contribution is 2.36. The third kappa shape index (κ3) is 6.19. The van der Waals surface area contributed by atoms with Crippen LogP contribution in [0.15, 0.2) is 60.2 Å². The number of carbonyl (C=O) groups is 1. The molecule has 7 nitrogen and oxygen atoms in total. The van der Waals surface area contributed by atoms with Gasteiger partial charge >= 0.3 is 0 Å². The van der Waals surface area contributed by atoms with Gasteiger partial charge in [-0.2, -0.15) is 5.26 Å². The van der Waals surface area contributed by atoms with Crippen molar-refractivity contribution in [2.45, 2.75) is 6.61 Å². The number of hydrogen-bond acceptors (Lipinski definition) is 5. The lowest BCUT2D eigenvalue weighted by molar-refractivity contribution is -0.384. The number of ether oxygens (including phenoxy) is 1. The van der Waals surface area contributed by atoms with Gasteiger partial charge in [0.2, 0.25) is 0 Å². The summed E-state index contributed by atoms with van der Waals surface area (Å²) in [6.07, 6.45) is 1.26. The van der Waals surface area contributed by atoms with Crippen molar-refractivity contribution in [3.05, 3.63) is 102 Å². The predicted molar refractivity (Wildman–Crippen MR) is 133 cm³/mol. The van der Waals surface area contributed by atoms with Gasteiger partial charge in [-0.1, -0.05) is 64.6 Å². The van der Waals surface area contributed by atoms with Gasteiger partial charge in [-0.3, -0.25) is 14.9 Å². The summed E-state index contributed by atoms with van der Waals surface area (Å²) < 4.78 is 5.71. The molecule has 0 heterocycles. The predicted octanol–water partition coefficient (Wildman–Crippen LogP) is 7.33. The molecule has 0 aliphatic heterocycles. The lowest BCUT2D eigenvalue weighted by Crippen LogP contribution is -2.14. The molecule has 0 radical (unpaired) electrons. The Morgan fingerprint density at radius 3 is 2.32 bits per heavy atom. The van der Waals surface area contributed by atoms with Crippen molar-refractivity contribution < 1.29 is 14.5 Å². The fourth-order valence-electron chi connectivity index (χ4n) is 2.79. The van der Waals surface area contributed by atoms with Crippen molar-refractivity contribution in [1.82, 2.24) is 0 Å². The second kappa shape index (κ2) is 11.2. The van der Waals surface area contributed by atoms with Crippen LogP contribution in [0.2, 0.25) is 20.1 Å². The Morgan fingerprint density at radius 1 is 1.03 bits per heavy atom. The van der Waals surface area contributed by atoms with Gasteiger partial charge < -0.3 is 10.1 Å². The number of nitrogens with one attached hydrogen (secondary N) is 1. The van der Waals surface area contributed by atoms with Crippen molar-refractivity contribution >= 4 is 69.8 Å². The first kappa shape index (κ1) is 25.3. The molecule has 11 heteroatoms. The Labute approximate surface area is 214 Å². The maximum atomic E-state index is 12.6. The second-order valence-electron chi connectivity index (χ2n) is 6.74. The molecule has 0 aliphatic carbocycles. The second-order valence-corrected chi connectivity index (χ2v) is 8.37. The lowest BCUT2D eigenvalue weighted by atomic mass is 10.1. The lowest BCUT2D eigenvalue weighted by Gasteiger charge is -2.12.